The molecule has 0 saturated carbocycles. The van der Waals surface area contributed by atoms with Gasteiger partial charge >= 0.3 is 0 Å². The number of rotatable bonds is 12. The summed E-state index contributed by atoms with van der Waals surface area (Å²) in [6.45, 7) is 17.6. The Morgan fingerprint density at radius 2 is 0.873 bits per heavy atom. The normalized spacial score (nSPS) is 14.9. The molecule has 2 fully saturated rings. The summed E-state index contributed by atoms with van der Waals surface area (Å²) in [5, 5.41) is 5.65. The van der Waals surface area contributed by atoms with E-state index in [1.807, 2.05) is 138 Å². The molecule has 2 amide bonds. The zero-order chi connectivity index (χ0) is 54.6. The number of carbonyl (C=O) groups is 4. The van der Waals surface area contributed by atoms with Crippen LogP contribution in [0.3, 0.4) is 0 Å². The topological polar surface area (TPSA) is 150 Å². The van der Waals surface area contributed by atoms with Crippen molar-refractivity contribution in [2.75, 3.05) is 89.2 Å². The molecule has 4 aromatic carbocycles. The number of pyridine rings is 2. The van der Waals surface area contributed by atoms with Crippen molar-refractivity contribution >= 4 is 57.8 Å². The summed E-state index contributed by atoms with van der Waals surface area (Å²) < 4.78 is 9.53. The number of aromatic nitrogens is 4. The van der Waals surface area contributed by atoms with Gasteiger partial charge in [-0.15, -0.1) is 0 Å². The van der Waals surface area contributed by atoms with Crippen molar-refractivity contribution in [1.82, 2.24) is 19.1 Å². The first kappa shape index (κ1) is 52.2. The Morgan fingerprint density at radius 3 is 1.32 bits per heavy atom. The summed E-state index contributed by atoms with van der Waals surface area (Å²) in [6.07, 6.45) is 1.91. The van der Waals surface area contributed by atoms with E-state index in [4.69, 9.17) is 14.7 Å². The number of amides is 2. The quantitative estimate of drug-likeness (QED) is 0.0889. The van der Waals surface area contributed by atoms with Gasteiger partial charge in [-0.05, 0) is 148 Å². The van der Waals surface area contributed by atoms with Crippen LogP contribution in [-0.2, 0) is 40.4 Å². The SMILES string of the molecule is Cc1cc(C)nc(N2CCN(c3ccc(NC(=O)C(=O)c4c(-c5ccccc5)cc5n4CCC5)cc3)CC2)c1.Cc1cc(C)nc(N2CCN(c3ccc(NC(=O)C(=O)c4c(-c5ccccc5)cc5n4CCOC5)cc3)CC2)c1. The fourth-order valence-corrected chi connectivity index (χ4v) is 11.4. The van der Waals surface area contributed by atoms with Crippen LogP contribution in [0, 0.1) is 27.7 Å². The van der Waals surface area contributed by atoms with E-state index >= 15 is 0 Å². The number of piperazine rings is 2. The first-order valence-corrected chi connectivity index (χ1v) is 27.4. The molecule has 0 unspecified atom stereocenters. The first-order valence-electron chi connectivity index (χ1n) is 27.4. The van der Waals surface area contributed by atoms with E-state index < -0.39 is 23.4 Å². The molecular formula is C64H66N10O5. The van der Waals surface area contributed by atoms with Gasteiger partial charge in [0.2, 0.25) is 0 Å². The van der Waals surface area contributed by atoms with Gasteiger partial charge in [-0.3, -0.25) is 19.2 Å². The number of carbonyl (C=O) groups excluding carboxylic acids is 4. The van der Waals surface area contributed by atoms with Crippen LogP contribution in [0.25, 0.3) is 22.3 Å². The molecular weight excluding hydrogens is 989 g/mol. The van der Waals surface area contributed by atoms with Crippen LogP contribution in [0.1, 0.15) is 61.3 Å². The summed E-state index contributed by atoms with van der Waals surface area (Å²) >= 11 is 0. The number of Topliss-reactive ketones (excluding diaryl/α,β-unsaturated/α-hetero) is 2. The highest BCUT2D eigenvalue weighted by Crippen LogP contribution is 2.34. The van der Waals surface area contributed by atoms with E-state index in [9.17, 15) is 19.2 Å². The molecule has 15 nitrogen and oxygen atoms in total. The molecule has 0 bridgehead atoms. The highest BCUT2D eigenvalue weighted by molar-refractivity contribution is 6.48. The molecule has 402 valence electrons. The molecule has 0 aliphatic carbocycles. The summed E-state index contributed by atoms with van der Waals surface area (Å²) in [5.74, 6) is -0.227. The summed E-state index contributed by atoms with van der Waals surface area (Å²) in [6, 6.07) is 47.5. The molecule has 2 N–H and O–H groups in total. The van der Waals surface area contributed by atoms with Crippen LogP contribution in [0.15, 0.2) is 146 Å². The van der Waals surface area contributed by atoms with Gasteiger partial charge in [0.1, 0.15) is 23.0 Å². The monoisotopic (exact) mass is 1050 g/mol. The predicted octanol–water partition coefficient (Wildman–Crippen LogP) is 10.1. The van der Waals surface area contributed by atoms with Gasteiger partial charge in [-0.25, -0.2) is 9.97 Å². The average Bonchev–Trinajstić information content (AvgIpc) is 4.35. The van der Waals surface area contributed by atoms with E-state index in [1.54, 1.807) is 0 Å². The van der Waals surface area contributed by atoms with Gasteiger partial charge < -0.3 is 44.1 Å². The van der Waals surface area contributed by atoms with Gasteiger partial charge in [0.15, 0.2) is 0 Å². The lowest BCUT2D eigenvalue weighted by molar-refractivity contribution is -0.113. The minimum absolute atomic E-state index is 0.412. The Bertz CT molecular complexity index is 3480. The van der Waals surface area contributed by atoms with Gasteiger partial charge in [0, 0.05) is 122 Å². The van der Waals surface area contributed by atoms with E-state index in [1.165, 1.54) is 11.1 Å². The summed E-state index contributed by atoms with van der Waals surface area (Å²) in [7, 11) is 0. The molecule has 4 aliphatic rings. The number of ketones is 2. The number of hydrogen-bond donors (Lipinski definition) is 2. The highest BCUT2D eigenvalue weighted by atomic mass is 16.5. The molecule has 4 aliphatic heterocycles. The molecule has 0 radical (unpaired) electrons. The molecule has 2 saturated heterocycles. The molecule has 0 spiro atoms. The van der Waals surface area contributed by atoms with Crippen LogP contribution in [0.4, 0.5) is 34.4 Å². The largest absolute Gasteiger partial charge is 0.373 e. The number of hydrogen-bond acceptors (Lipinski definition) is 11. The number of nitrogens with zero attached hydrogens (tertiary/aromatic N) is 8. The molecule has 79 heavy (non-hydrogen) atoms. The van der Waals surface area contributed by atoms with Gasteiger partial charge in [-0.2, -0.15) is 0 Å². The van der Waals surface area contributed by atoms with Crippen molar-refractivity contribution in [2.45, 2.75) is 60.2 Å². The van der Waals surface area contributed by atoms with Gasteiger partial charge in [0.05, 0.1) is 13.2 Å². The van der Waals surface area contributed by atoms with Crippen molar-refractivity contribution in [3.8, 4) is 22.3 Å². The smallest absolute Gasteiger partial charge is 0.298 e. The highest BCUT2D eigenvalue weighted by Gasteiger charge is 2.31. The average molecular weight is 1060 g/mol. The maximum absolute atomic E-state index is 13.5. The molecule has 4 aromatic heterocycles. The number of fused-ring (bicyclic) bond motifs is 2. The fourth-order valence-electron chi connectivity index (χ4n) is 11.4. The fraction of sp³-hybridized carbons (Fsp3) is 0.281. The van der Waals surface area contributed by atoms with E-state index in [0.717, 1.165) is 140 Å². The van der Waals surface area contributed by atoms with Crippen molar-refractivity contribution in [2.24, 2.45) is 0 Å². The third kappa shape index (κ3) is 11.6. The second-order valence-corrected chi connectivity index (χ2v) is 20.9. The summed E-state index contributed by atoms with van der Waals surface area (Å²) in [5.41, 5.74) is 14.3. The maximum atomic E-state index is 13.5. The van der Waals surface area contributed by atoms with E-state index in [-0.39, 0.29) is 0 Å². The zero-order valence-corrected chi connectivity index (χ0v) is 45.4. The maximum Gasteiger partial charge on any atom is 0.298 e. The lowest BCUT2D eigenvalue weighted by atomic mass is 10.0. The second-order valence-electron chi connectivity index (χ2n) is 20.9. The van der Waals surface area contributed by atoms with Gasteiger partial charge in [0.25, 0.3) is 23.4 Å². The first-order chi connectivity index (χ1) is 38.4. The number of aryl methyl sites for hydroxylation is 5. The lowest BCUT2D eigenvalue weighted by Crippen LogP contribution is -2.46. The Labute approximate surface area is 461 Å². The van der Waals surface area contributed by atoms with Crippen LogP contribution in [0.5, 0.6) is 0 Å². The van der Waals surface area contributed by atoms with Crippen molar-refractivity contribution in [1.29, 1.82) is 0 Å². The third-order valence-electron chi connectivity index (χ3n) is 15.3. The minimum Gasteiger partial charge on any atom is -0.373 e. The Kier molecular flexibility index (Phi) is 15.2. The van der Waals surface area contributed by atoms with E-state index in [2.05, 4.69) is 74.4 Å². The standard InChI is InChI=1S/C32H33N5O3.C32H33N5O2/c1-22-18-23(2)33-29(19-22)36-14-12-35(13-15-36)26-10-8-25(9-11-26)34-32(39)31(38)30-28(24-6-4-3-5-7-24)20-27-21-40-17-16-37(27)30;1-22-19-23(2)33-29(20-22)36-17-15-35(16-18-36)26-12-10-25(11-13-26)34-32(39)31(38)30-28(24-7-4-3-5-8-24)21-27-9-6-14-37(27)30/h3-11,18-20H,12-17,21H2,1-2H3,(H,34,39);3-5,7-8,10-13,19-21H,6,9,14-18H2,1-2H3,(H,34,39). The Balaban J connectivity index is 0.000000167. The molecule has 8 aromatic rings. The number of benzene rings is 4. The van der Waals surface area contributed by atoms with Crippen molar-refractivity contribution < 1.29 is 23.9 Å². The third-order valence-corrected chi connectivity index (χ3v) is 15.3. The zero-order valence-electron chi connectivity index (χ0n) is 45.4. The predicted molar refractivity (Wildman–Crippen MR) is 313 cm³/mol. The van der Waals surface area contributed by atoms with Crippen LogP contribution in [0.2, 0.25) is 0 Å². The molecule has 8 heterocycles. The van der Waals surface area contributed by atoms with Crippen molar-refractivity contribution in [3.05, 3.63) is 191 Å². The minimum atomic E-state index is -0.646. The van der Waals surface area contributed by atoms with E-state index in [0.29, 0.717) is 42.5 Å². The molecule has 0 atom stereocenters. The second kappa shape index (κ2) is 23.0. The van der Waals surface area contributed by atoms with Crippen LogP contribution >= 0.6 is 0 Å². The number of anilines is 6. The molecule has 15 heteroatoms. The van der Waals surface area contributed by atoms with Crippen LogP contribution in [-0.4, -0.2) is 101 Å². The summed E-state index contributed by atoms with van der Waals surface area (Å²) in [4.78, 5) is 71.9. The Morgan fingerprint density at radius 1 is 0.456 bits per heavy atom. The van der Waals surface area contributed by atoms with Gasteiger partial charge in [-0.1, -0.05) is 60.7 Å². The number of nitrogens with one attached hydrogen (secondary N) is 2. The molecule has 12 rings (SSSR count). The number of ether oxygens (including phenoxy) is 1. The Hall–Kier alpha value is -8.82. The van der Waals surface area contributed by atoms with Crippen molar-refractivity contribution in [3.63, 3.8) is 0 Å². The lowest BCUT2D eigenvalue weighted by Gasteiger charge is -2.37. The van der Waals surface area contributed by atoms with Crippen LogP contribution < -0.4 is 30.2 Å².